The maximum absolute atomic E-state index is 13.2. The molecule has 0 saturated carbocycles. The van der Waals surface area contributed by atoms with Gasteiger partial charge in [-0.15, -0.1) is 0 Å². The van der Waals surface area contributed by atoms with Gasteiger partial charge in [-0.1, -0.05) is 31.7 Å². The number of allylic oxidation sites excluding steroid dienone is 2. The molecular formula is C21H24N4O3S. The van der Waals surface area contributed by atoms with Gasteiger partial charge in [0.05, 0.1) is 7.11 Å². The van der Waals surface area contributed by atoms with Crippen molar-refractivity contribution in [1.82, 2.24) is 9.97 Å². The Kier molecular flexibility index (Phi) is 4.69. The van der Waals surface area contributed by atoms with Crippen LogP contribution in [0.15, 0.2) is 34.6 Å². The highest BCUT2D eigenvalue weighted by Crippen LogP contribution is 2.50. The molecule has 0 bridgehead atoms. The van der Waals surface area contributed by atoms with Crippen molar-refractivity contribution in [3.63, 3.8) is 0 Å². The number of anilines is 2. The molecule has 0 amide bonds. The highest BCUT2D eigenvalue weighted by Gasteiger charge is 2.42. The SMILES string of the molecule is COc1cc(C2C3=C(CC(C)(C)CC3=O)Nc3nc(SC)nc(N)c32)ccc1O. The molecule has 1 aromatic carbocycles. The topological polar surface area (TPSA) is 110 Å². The van der Waals surface area contributed by atoms with E-state index in [0.29, 0.717) is 40.1 Å². The van der Waals surface area contributed by atoms with Crippen molar-refractivity contribution in [1.29, 1.82) is 0 Å². The molecule has 2 aromatic rings. The van der Waals surface area contributed by atoms with Gasteiger partial charge in [-0.05, 0) is 35.8 Å². The minimum Gasteiger partial charge on any atom is -0.504 e. The first-order chi connectivity index (χ1) is 13.7. The lowest BCUT2D eigenvalue weighted by Crippen LogP contribution is -2.34. The number of hydrogen-bond donors (Lipinski definition) is 3. The Hall–Kier alpha value is -2.74. The number of hydrogen-bond acceptors (Lipinski definition) is 8. The van der Waals surface area contributed by atoms with Crippen LogP contribution < -0.4 is 15.8 Å². The van der Waals surface area contributed by atoms with E-state index in [-0.39, 0.29) is 16.9 Å². The van der Waals surface area contributed by atoms with E-state index < -0.39 is 5.92 Å². The van der Waals surface area contributed by atoms with Crippen molar-refractivity contribution in [2.75, 3.05) is 24.4 Å². The summed E-state index contributed by atoms with van der Waals surface area (Å²) in [5, 5.41) is 14.0. The van der Waals surface area contributed by atoms with E-state index in [1.807, 2.05) is 6.26 Å². The smallest absolute Gasteiger partial charge is 0.191 e. The van der Waals surface area contributed by atoms with E-state index in [2.05, 4.69) is 29.1 Å². The predicted molar refractivity (Wildman–Crippen MR) is 113 cm³/mol. The lowest BCUT2D eigenvalue weighted by atomic mass is 9.69. The number of rotatable bonds is 3. The number of carbonyl (C=O) groups is 1. The van der Waals surface area contributed by atoms with Gasteiger partial charge in [0.1, 0.15) is 11.6 Å². The van der Waals surface area contributed by atoms with Gasteiger partial charge in [-0.2, -0.15) is 0 Å². The molecule has 2 heterocycles. The molecule has 1 atom stereocenters. The number of aromatic nitrogens is 2. The number of phenolic OH excluding ortho intramolecular Hbond substituents is 1. The highest BCUT2D eigenvalue weighted by atomic mass is 32.2. The fourth-order valence-corrected chi connectivity index (χ4v) is 4.58. The summed E-state index contributed by atoms with van der Waals surface area (Å²) in [6, 6.07) is 5.10. The van der Waals surface area contributed by atoms with Crippen molar-refractivity contribution in [3.05, 3.63) is 40.6 Å². The number of benzene rings is 1. The summed E-state index contributed by atoms with van der Waals surface area (Å²) < 4.78 is 5.29. The zero-order valence-corrected chi connectivity index (χ0v) is 17.7. The second-order valence-electron chi connectivity index (χ2n) is 8.18. The first-order valence-corrected chi connectivity index (χ1v) is 10.6. The number of ketones is 1. The maximum Gasteiger partial charge on any atom is 0.191 e. The van der Waals surface area contributed by atoms with Gasteiger partial charge in [0.15, 0.2) is 22.4 Å². The number of nitrogens with two attached hydrogens (primary N) is 1. The lowest BCUT2D eigenvalue weighted by Gasteiger charge is -2.39. The third-order valence-corrected chi connectivity index (χ3v) is 5.99. The number of fused-ring (bicyclic) bond motifs is 1. The van der Waals surface area contributed by atoms with Crippen molar-refractivity contribution in [2.45, 2.75) is 37.8 Å². The van der Waals surface area contributed by atoms with Crippen LogP contribution in [0.5, 0.6) is 11.5 Å². The average Bonchev–Trinajstić information content (AvgIpc) is 2.65. The van der Waals surface area contributed by atoms with Crippen LogP contribution in [0.3, 0.4) is 0 Å². The van der Waals surface area contributed by atoms with Crippen LogP contribution >= 0.6 is 11.8 Å². The number of carbonyl (C=O) groups excluding carboxylic acids is 1. The molecule has 7 nitrogen and oxygen atoms in total. The molecular weight excluding hydrogens is 388 g/mol. The fourth-order valence-electron chi connectivity index (χ4n) is 4.21. The van der Waals surface area contributed by atoms with Crippen LogP contribution in [0.25, 0.3) is 0 Å². The number of nitrogen functional groups attached to an aromatic ring is 1. The highest BCUT2D eigenvalue weighted by molar-refractivity contribution is 7.98. The normalized spacial score (nSPS) is 20.0. The number of nitrogens with one attached hydrogen (secondary N) is 1. The van der Waals surface area contributed by atoms with E-state index in [1.165, 1.54) is 18.9 Å². The Morgan fingerprint density at radius 3 is 2.76 bits per heavy atom. The summed E-state index contributed by atoms with van der Waals surface area (Å²) in [4.78, 5) is 22.3. The van der Waals surface area contributed by atoms with Crippen molar-refractivity contribution in [2.24, 2.45) is 5.41 Å². The molecule has 4 N–H and O–H groups in total. The Balaban J connectivity index is 1.98. The number of ether oxygens (including phenoxy) is 1. The van der Waals surface area contributed by atoms with Crippen LogP contribution in [0.1, 0.15) is 43.7 Å². The predicted octanol–water partition coefficient (Wildman–Crippen LogP) is 3.70. The molecule has 1 unspecified atom stereocenters. The zero-order valence-electron chi connectivity index (χ0n) is 16.9. The van der Waals surface area contributed by atoms with E-state index in [1.54, 1.807) is 18.2 Å². The van der Waals surface area contributed by atoms with Gasteiger partial charge in [0.25, 0.3) is 0 Å². The number of nitrogens with zero attached hydrogens (tertiary/aromatic N) is 2. The molecule has 1 aliphatic carbocycles. The number of aromatic hydroxyl groups is 1. The first-order valence-electron chi connectivity index (χ1n) is 9.35. The van der Waals surface area contributed by atoms with Crippen LogP contribution in [0.4, 0.5) is 11.6 Å². The summed E-state index contributed by atoms with van der Waals surface area (Å²) in [5.74, 6) is 1.01. The van der Waals surface area contributed by atoms with Crippen LogP contribution in [0, 0.1) is 5.41 Å². The standard InChI is InChI=1S/C21H24N4O3S/c1-21(2)8-11-16(13(27)9-21)15(10-5-6-12(26)14(7-10)28-3)17-18(22)24-20(29-4)25-19(17)23-11/h5-7,15,26H,8-9H2,1-4H3,(H3,22,23,24,25). The Morgan fingerprint density at radius 2 is 2.07 bits per heavy atom. The van der Waals surface area contributed by atoms with E-state index in [0.717, 1.165) is 17.7 Å². The quantitative estimate of drug-likeness (QED) is 0.517. The van der Waals surface area contributed by atoms with E-state index >= 15 is 0 Å². The minimum atomic E-state index is -0.421. The summed E-state index contributed by atoms with van der Waals surface area (Å²) >= 11 is 1.41. The molecule has 152 valence electrons. The third-order valence-electron chi connectivity index (χ3n) is 5.44. The molecule has 0 fully saturated rings. The summed E-state index contributed by atoms with van der Waals surface area (Å²) in [6.07, 6.45) is 3.08. The first kappa shape index (κ1) is 19.6. The van der Waals surface area contributed by atoms with E-state index in [9.17, 15) is 9.90 Å². The second kappa shape index (κ2) is 6.95. The summed E-state index contributed by atoms with van der Waals surface area (Å²) in [6.45, 7) is 4.18. The van der Waals surface area contributed by atoms with Gasteiger partial charge < -0.3 is 20.9 Å². The van der Waals surface area contributed by atoms with Gasteiger partial charge in [0.2, 0.25) is 0 Å². The molecule has 1 aromatic heterocycles. The molecule has 0 saturated heterocycles. The van der Waals surface area contributed by atoms with Gasteiger partial charge in [0, 0.05) is 29.2 Å². The molecule has 2 aliphatic rings. The largest absolute Gasteiger partial charge is 0.504 e. The summed E-state index contributed by atoms with van der Waals surface area (Å²) in [7, 11) is 1.50. The molecule has 0 radical (unpaired) electrons. The third kappa shape index (κ3) is 3.31. The average molecular weight is 413 g/mol. The monoisotopic (exact) mass is 412 g/mol. The number of phenols is 1. The minimum absolute atomic E-state index is 0.0395. The number of methoxy groups -OCH3 is 1. The maximum atomic E-state index is 13.2. The molecule has 0 spiro atoms. The van der Waals surface area contributed by atoms with Gasteiger partial charge in [-0.3, -0.25) is 4.79 Å². The fraction of sp³-hybridized carbons (Fsp3) is 0.381. The Morgan fingerprint density at radius 1 is 1.31 bits per heavy atom. The zero-order chi connectivity index (χ0) is 20.9. The van der Waals surface area contributed by atoms with Crippen LogP contribution in [-0.4, -0.2) is 34.2 Å². The number of Topliss-reactive ketones (excluding diaryl/α,β-unsaturated/α-hetero) is 1. The Labute approximate surface area is 173 Å². The van der Waals surface area contributed by atoms with Gasteiger partial charge in [-0.25, -0.2) is 9.97 Å². The van der Waals surface area contributed by atoms with E-state index in [4.69, 9.17) is 10.5 Å². The number of thioether (sulfide) groups is 1. The molecule has 8 heteroatoms. The summed E-state index contributed by atoms with van der Waals surface area (Å²) in [5.41, 5.74) is 9.26. The van der Waals surface area contributed by atoms with Crippen molar-refractivity contribution < 1.29 is 14.6 Å². The van der Waals surface area contributed by atoms with Crippen LogP contribution in [-0.2, 0) is 4.79 Å². The van der Waals surface area contributed by atoms with Crippen molar-refractivity contribution >= 4 is 29.2 Å². The van der Waals surface area contributed by atoms with Crippen molar-refractivity contribution in [3.8, 4) is 11.5 Å². The van der Waals surface area contributed by atoms with Crippen LogP contribution in [0.2, 0.25) is 0 Å². The molecule has 29 heavy (non-hydrogen) atoms. The molecule has 1 aliphatic heterocycles. The molecule has 4 rings (SSSR count). The Bertz CT molecular complexity index is 1050. The lowest BCUT2D eigenvalue weighted by molar-refractivity contribution is -0.118. The second-order valence-corrected chi connectivity index (χ2v) is 8.95. The van der Waals surface area contributed by atoms with Gasteiger partial charge >= 0.3 is 0 Å².